The Hall–Kier alpha value is -0.150. The Balaban J connectivity index is 1.77. The second-order valence-corrected chi connectivity index (χ2v) is 4.54. The molecular weight excluding hydrogens is 167 g/mol. The summed E-state index contributed by atoms with van der Waals surface area (Å²) < 4.78 is 12.9. The standard InChI is InChI=1S/C10H19FN2/c1-8-4-12-5-9(8)6-13-3-2-10(11)7-13/h8-10,12H,2-7H2,1H3/t8-,9+,10?/m1/s1. The quantitative estimate of drug-likeness (QED) is 0.689. The van der Waals surface area contributed by atoms with E-state index in [0.29, 0.717) is 6.54 Å². The summed E-state index contributed by atoms with van der Waals surface area (Å²) in [5.41, 5.74) is 0. The Bertz CT molecular complexity index is 174. The maximum absolute atomic E-state index is 12.9. The van der Waals surface area contributed by atoms with Crippen LogP contribution in [0.15, 0.2) is 0 Å². The molecule has 13 heavy (non-hydrogen) atoms. The number of nitrogens with zero attached hydrogens (tertiary/aromatic N) is 1. The van der Waals surface area contributed by atoms with E-state index in [0.717, 1.165) is 44.4 Å². The van der Waals surface area contributed by atoms with Crippen molar-refractivity contribution in [2.24, 2.45) is 11.8 Å². The smallest absolute Gasteiger partial charge is 0.114 e. The van der Waals surface area contributed by atoms with Crippen LogP contribution in [0, 0.1) is 11.8 Å². The highest BCUT2D eigenvalue weighted by Crippen LogP contribution is 2.20. The zero-order valence-corrected chi connectivity index (χ0v) is 8.30. The molecule has 0 aromatic carbocycles. The van der Waals surface area contributed by atoms with Crippen molar-refractivity contribution in [2.75, 3.05) is 32.7 Å². The fraction of sp³-hybridized carbons (Fsp3) is 1.00. The third kappa shape index (κ3) is 2.20. The molecule has 0 aromatic heterocycles. The van der Waals surface area contributed by atoms with E-state index in [2.05, 4.69) is 17.1 Å². The van der Waals surface area contributed by atoms with Crippen molar-refractivity contribution in [1.29, 1.82) is 0 Å². The molecule has 0 amide bonds. The molecule has 2 aliphatic rings. The highest BCUT2D eigenvalue weighted by atomic mass is 19.1. The number of likely N-dealkylation sites (tertiary alicyclic amines) is 1. The molecule has 3 atom stereocenters. The van der Waals surface area contributed by atoms with Crippen LogP contribution in [0.5, 0.6) is 0 Å². The van der Waals surface area contributed by atoms with Gasteiger partial charge in [0.05, 0.1) is 0 Å². The summed E-state index contributed by atoms with van der Waals surface area (Å²) in [4.78, 5) is 2.28. The molecule has 2 aliphatic heterocycles. The second-order valence-electron chi connectivity index (χ2n) is 4.54. The third-order valence-corrected chi connectivity index (χ3v) is 3.39. The lowest BCUT2D eigenvalue weighted by Gasteiger charge is -2.21. The number of rotatable bonds is 2. The SMILES string of the molecule is C[C@@H]1CNC[C@H]1CN1CCC(F)C1. The van der Waals surface area contributed by atoms with Crippen LogP contribution in [0.2, 0.25) is 0 Å². The topological polar surface area (TPSA) is 15.3 Å². The Morgan fingerprint density at radius 1 is 1.46 bits per heavy atom. The van der Waals surface area contributed by atoms with Gasteiger partial charge in [-0.05, 0) is 31.3 Å². The van der Waals surface area contributed by atoms with E-state index in [1.807, 2.05) is 0 Å². The van der Waals surface area contributed by atoms with E-state index in [9.17, 15) is 4.39 Å². The summed E-state index contributed by atoms with van der Waals surface area (Å²) in [5.74, 6) is 1.50. The number of hydrogen-bond donors (Lipinski definition) is 1. The van der Waals surface area contributed by atoms with Gasteiger partial charge in [-0.25, -0.2) is 4.39 Å². The Morgan fingerprint density at radius 2 is 2.31 bits per heavy atom. The van der Waals surface area contributed by atoms with Crippen LogP contribution in [0.4, 0.5) is 4.39 Å². The minimum atomic E-state index is -0.565. The number of halogens is 1. The lowest BCUT2D eigenvalue weighted by Crippen LogP contribution is -2.30. The maximum atomic E-state index is 12.9. The first-order chi connectivity index (χ1) is 6.25. The molecule has 2 heterocycles. The van der Waals surface area contributed by atoms with Crippen molar-refractivity contribution in [3.05, 3.63) is 0 Å². The predicted octanol–water partition coefficient (Wildman–Crippen LogP) is 0.886. The molecule has 76 valence electrons. The molecular formula is C10H19FN2. The molecule has 0 bridgehead atoms. The van der Waals surface area contributed by atoms with Gasteiger partial charge >= 0.3 is 0 Å². The molecule has 2 nitrogen and oxygen atoms in total. The zero-order chi connectivity index (χ0) is 9.26. The van der Waals surface area contributed by atoms with Crippen LogP contribution in [-0.4, -0.2) is 43.8 Å². The number of nitrogens with one attached hydrogen (secondary N) is 1. The summed E-state index contributed by atoms with van der Waals surface area (Å²) in [7, 11) is 0. The van der Waals surface area contributed by atoms with Gasteiger partial charge in [-0.15, -0.1) is 0 Å². The fourth-order valence-corrected chi connectivity index (χ4v) is 2.39. The lowest BCUT2D eigenvalue weighted by atomic mass is 9.98. The van der Waals surface area contributed by atoms with E-state index in [1.165, 1.54) is 0 Å². The van der Waals surface area contributed by atoms with Crippen LogP contribution in [0.25, 0.3) is 0 Å². The molecule has 1 unspecified atom stereocenters. The summed E-state index contributed by atoms with van der Waals surface area (Å²) >= 11 is 0. The highest BCUT2D eigenvalue weighted by Gasteiger charge is 2.28. The lowest BCUT2D eigenvalue weighted by molar-refractivity contribution is 0.238. The van der Waals surface area contributed by atoms with Gasteiger partial charge in [0.25, 0.3) is 0 Å². The van der Waals surface area contributed by atoms with Crippen LogP contribution in [0.1, 0.15) is 13.3 Å². The summed E-state index contributed by atoms with van der Waals surface area (Å²) in [6, 6.07) is 0. The Kier molecular flexibility index (Phi) is 2.84. The maximum Gasteiger partial charge on any atom is 0.114 e. The molecule has 2 fully saturated rings. The minimum Gasteiger partial charge on any atom is -0.316 e. The molecule has 2 rings (SSSR count). The summed E-state index contributed by atoms with van der Waals surface area (Å²) in [5, 5.41) is 3.39. The van der Waals surface area contributed by atoms with Crippen molar-refractivity contribution in [3.63, 3.8) is 0 Å². The first kappa shape index (κ1) is 9.41. The van der Waals surface area contributed by atoms with E-state index in [1.54, 1.807) is 0 Å². The van der Waals surface area contributed by atoms with Crippen LogP contribution in [-0.2, 0) is 0 Å². The van der Waals surface area contributed by atoms with Gasteiger partial charge in [0.15, 0.2) is 0 Å². The average Bonchev–Trinajstić information content (AvgIpc) is 2.64. The van der Waals surface area contributed by atoms with Gasteiger partial charge in [-0.3, -0.25) is 0 Å². The van der Waals surface area contributed by atoms with Gasteiger partial charge in [-0.1, -0.05) is 6.92 Å². The molecule has 0 radical (unpaired) electrons. The first-order valence-corrected chi connectivity index (χ1v) is 5.33. The molecule has 2 saturated heterocycles. The largest absolute Gasteiger partial charge is 0.316 e. The second kappa shape index (κ2) is 3.93. The van der Waals surface area contributed by atoms with Crippen LogP contribution in [0.3, 0.4) is 0 Å². The van der Waals surface area contributed by atoms with Crippen molar-refractivity contribution in [1.82, 2.24) is 10.2 Å². The highest BCUT2D eigenvalue weighted by molar-refractivity contribution is 4.83. The van der Waals surface area contributed by atoms with Crippen molar-refractivity contribution in [2.45, 2.75) is 19.5 Å². The monoisotopic (exact) mass is 186 g/mol. The van der Waals surface area contributed by atoms with Gasteiger partial charge in [0.1, 0.15) is 6.17 Å². The predicted molar refractivity (Wildman–Crippen MR) is 51.5 cm³/mol. The molecule has 0 aliphatic carbocycles. The van der Waals surface area contributed by atoms with Crippen molar-refractivity contribution in [3.8, 4) is 0 Å². The van der Waals surface area contributed by atoms with E-state index in [-0.39, 0.29) is 0 Å². The zero-order valence-electron chi connectivity index (χ0n) is 8.30. The van der Waals surface area contributed by atoms with Gasteiger partial charge < -0.3 is 10.2 Å². The average molecular weight is 186 g/mol. The van der Waals surface area contributed by atoms with E-state index < -0.39 is 6.17 Å². The van der Waals surface area contributed by atoms with E-state index >= 15 is 0 Å². The minimum absolute atomic E-state index is 0.565. The summed E-state index contributed by atoms with van der Waals surface area (Å²) in [6.07, 6.45) is 0.179. The third-order valence-electron chi connectivity index (χ3n) is 3.39. The molecule has 1 N–H and O–H groups in total. The number of hydrogen-bond acceptors (Lipinski definition) is 2. The molecule has 0 saturated carbocycles. The van der Waals surface area contributed by atoms with Gasteiger partial charge in [0, 0.05) is 19.6 Å². The molecule has 0 spiro atoms. The Labute approximate surface area is 79.5 Å². The normalized spacial score (nSPS) is 41.5. The summed E-state index contributed by atoms with van der Waals surface area (Å²) in [6.45, 7) is 7.27. The number of alkyl halides is 1. The fourth-order valence-electron chi connectivity index (χ4n) is 2.39. The van der Waals surface area contributed by atoms with E-state index in [4.69, 9.17) is 0 Å². The molecule has 3 heteroatoms. The first-order valence-electron chi connectivity index (χ1n) is 5.33. The van der Waals surface area contributed by atoms with Gasteiger partial charge in [-0.2, -0.15) is 0 Å². The van der Waals surface area contributed by atoms with Crippen LogP contribution < -0.4 is 5.32 Å². The van der Waals surface area contributed by atoms with Crippen molar-refractivity contribution < 1.29 is 4.39 Å². The van der Waals surface area contributed by atoms with Crippen LogP contribution >= 0.6 is 0 Å². The van der Waals surface area contributed by atoms with Crippen molar-refractivity contribution >= 4 is 0 Å². The van der Waals surface area contributed by atoms with Gasteiger partial charge in [0.2, 0.25) is 0 Å². The Morgan fingerprint density at radius 3 is 2.85 bits per heavy atom. The molecule has 0 aromatic rings.